The SMILES string of the molecule is Cc1ccc(N=Nc2c(S(=O)(=O)O)cc3cc(N=C(O)c4ccc(C(O)=Nc5ccc6c([O-])c(N=Nc7ccc(C)cc7)c(S(=O)(=O)O)cc6c5)cc4)ccc3c2[O-])cc1.[Na+].[Na+]. The molecule has 0 aliphatic rings. The van der Waals surface area contributed by atoms with E-state index in [0.717, 1.165) is 23.3 Å². The number of aliphatic hydroxyl groups is 2. The van der Waals surface area contributed by atoms with Crippen molar-refractivity contribution in [1.82, 2.24) is 0 Å². The summed E-state index contributed by atoms with van der Waals surface area (Å²) in [7, 11) is -9.84. The summed E-state index contributed by atoms with van der Waals surface area (Å²) >= 11 is 0. The minimum absolute atomic E-state index is 0. The molecule has 7 aromatic rings. The first kappa shape index (κ1) is 47.7. The van der Waals surface area contributed by atoms with Gasteiger partial charge in [-0.2, -0.15) is 27.1 Å². The van der Waals surface area contributed by atoms with Gasteiger partial charge in [0.2, 0.25) is 11.8 Å². The summed E-state index contributed by atoms with van der Waals surface area (Å²) in [6.45, 7) is 3.73. The van der Waals surface area contributed by atoms with E-state index in [2.05, 4.69) is 30.4 Å². The molecule has 0 radical (unpaired) electrons. The van der Waals surface area contributed by atoms with E-state index in [1.807, 2.05) is 13.8 Å². The van der Waals surface area contributed by atoms with Gasteiger partial charge >= 0.3 is 59.1 Å². The molecule has 0 spiro atoms. The maximum Gasteiger partial charge on any atom is 1.00 e. The Hall–Kier alpha value is -5.38. The smallest absolute Gasteiger partial charge is 0.871 e. The molecular weight excluding hydrogens is 859 g/mol. The fourth-order valence-electron chi connectivity index (χ4n) is 5.95. The van der Waals surface area contributed by atoms with Crippen LogP contribution in [0.25, 0.3) is 21.5 Å². The van der Waals surface area contributed by atoms with E-state index in [1.165, 1.54) is 60.7 Å². The van der Waals surface area contributed by atoms with Crippen molar-refractivity contribution in [2.75, 3.05) is 0 Å². The molecule has 0 aromatic heterocycles. The number of fused-ring (bicyclic) bond motifs is 2. The zero-order valence-electron chi connectivity index (χ0n) is 33.3. The van der Waals surface area contributed by atoms with Crippen molar-refractivity contribution in [3.8, 4) is 11.5 Å². The van der Waals surface area contributed by atoms with Crippen molar-refractivity contribution in [3.63, 3.8) is 0 Å². The maximum absolute atomic E-state index is 13.3. The van der Waals surface area contributed by atoms with Crippen LogP contribution in [0.5, 0.6) is 11.5 Å². The quantitative estimate of drug-likeness (QED) is 0.0511. The van der Waals surface area contributed by atoms with E-state index in [1.54, 1.807) is 48.5 Å². The number of rotatable bonds is 10. The predicted octanol–water partition coefficient (Wildman–Crippen LogP) is 3.36. The molecule has 0 fully saturated rings. The molecule has 0 heterocycles. The molecule has 7 rings (SSSR count). The summed E-state index contributed by atoms with van der Waals surface area (Å²) in [5.41, 5.74) is 2.10. The zero-order valence-corrected chi connectivity index (χ0v) is 38.9. The van der Waals surface area contributed by atoms with Crippen molar-refractivity contribution < 1.29 is 105 Å². The third kappa shape index (κ3) is 10.8. The summed E-state index contributed by atoms with van der Waals surface area (Å²) in [5.74, 6) is -2.57. The molecule has 0 saturated heterocycles. The normalized spacial score (nSPS) is 12.5. The number of azo groups is 2. The van der Waals surface area contributed by atoms with Gasteiger partial charge < -0.3 is 20.4 Å². The number of aliphatic hydroxyl groups excluding tert-OH is 2. The van der Waals surface area contributed by atoms with Gasteiger partial charge in [0.25, 0.3) is 20.2 Å². The summed E-state index contributed by atoms with van der Waals surface area (Å²) in [6, 6.07) is 29.6. The van der Waals surface area contributed by atoms with E-state index in [0.29, 0.717) is 11.4 Å². The Morgan fingerprint density at radius 3 is 1.11 bits per heavy atom. The van der Waals surface area contributed by atoms with Crippen molar-refractivity contribution >= 4 is 87.7 Å². The first-order chi connectivity index (χ1) is 28.4. The van der Waals surface area contributed by atoms with Crippen LogP contribution in [0, 0.1) is 13.8 Å². The number of benzene rings is 7. The molecule has 4 N–H and O–H groups in total. The molecular formula is C42H30N6Na2O10S2. The second kappa shape index (κ2) is 19.3. The molecule has 0 bridgehead atoms. The van der Waals surface area contributed by atoms with Gasteiger partial charge in [-0.3, -0.25) is 9.11 Å². The maximum atomic E-state index is 13.3. The van der Waals surface area contributed by atoms with Gasteiger partial charge in [0.15, 0.2) is 0 Å². The van der Waals surface area contributed by atoms with Crippen LogP contribution < -0.4 is 69.3 Å². The van der Waals surface area contributed by atoms with Gasteiger partial charge in [-0.1, -0.05) is 59.0 Å². The molecule has 0 amide bonds. The zero-order chi connectivity index (χ0) is 42.9. The molecule has 0 atom stereocenters. The number of hydrogen-bond acceptors (Lipinski definition) is 12. The molecule has 302 valence electrons. The Balaban J connectivity index is 0.00000363. The van der Waals surface area contributed by atoms with Crippen LogP contribution in [0.1, 0.15) is 22.3 Å². The number of aliphatic imine (C=N–C) groups is 2. The summed E-state index contributed by atoms with van der Waals surface area (Å²) in [5, 5.41) is 64.3. The molecule has 0 aliphatic heterocycles. The fourth-order valence-corrected chi connectivity index (χ4v) is 7.26. The average Bonchev–Trinajstić information content (AvgIpc) is 3.20. The Morgan fingerprint density at radius 1 is 0.468 bits per heavy atom. The summed E-state index contributed by atoms with van der Waals surface area (Å²) in [4.78, 5) is 6.82. The third-order valence-electron chi connectivity index (χ3n) is 9.06. The van der Waals surface area contributed by atoms with Crippen LogP contribution >= 0.6 is 0 Å². The molecule has 62 heavy (non-hydrogen) atoms. The number of nitrogens with zero attached hydrogens (tertiary/aromatic N) is 6. The van der Waals surface area contributed by atoms with Crippen LogP contribution in [0.3, 0.4) is 0 Å². The van der Waals surface area contributed by atoms with Crippen LogP contribution in [0.2, 0.25) is 0 Å². The van der Waals surface area contributed by atoms with Gasteiger partial charge in [-0.05, 0) is 120 Å². The average molecular weight is 889 g/mol. The van der Waals surface area contributed by atoms with E-state index >= 15 is 0 Å². The topological polar surface area (TPSA) is 269 Å². The largest absolute Gasteiger partial charge is 1.00 e. The first-order valence-electron chi connectivity index (χ1n) is 17.6. The van der Waals surface area contributed by atoms with E-state index in [9.17, 15) is 46.4 Å². The van der Waals surface area contributed by atoms with Gasteiger partial charge in [0, 0.05) is 11.1 Å². The predicted molar refractivity (Wildman–Crippen MR) is 221 cm³/mol. The van der Waals surface area contributed by atoms with Crippen LogP contribution in [-0.4, -0.2) is 47.9 Å². The molecule has 0 unspecified atom stereocenters. The van der Waals surface area contributed by atoms with Crippen LogP contribution in [-0.2, 0) is 20.2 Å². The minimum atomic E-state index is -4.92. The second-order valence-corrected chi connectivity index (χ2v) is 16.2. The molecule has 16 nitrogen and oxygen atoms in total. The summed E-state index contributed by atoms with van der Waals surface area (Å²) in [6.07, 6.45) is 0. The van der Waals surface area contributed by atoms with Crippen LogP contribution in [0.15, 0.2) is 162 Å². The molecule has 0 saturated carbocycles. The second-order valence-electron chi connectivity index (χ2n) is 13.4. The van der Waals surface area contributed by atoms with Crippen molar-refractivity contribution in [3.05, 3.63) is 144 Å². The number of aryl methyl sites for hydroxylation is 2. The Morgan fingerprint density at radius 2 is 0.790 bits per heavy atom. The van der Waals surface area contributed by atoms with Crippen molar-refractivity contribution in [2.24, 2.45) is 30.4 Å². The molecule has 7 aromatic carbocycles. The Kier molecular flexibility index (Phi) is 14.9. The Labute approximate surface area is 398 Å². The van der Waals surface area contributed by atoms with E-state index < -0.39 is 64.7 Å². The summed E-state index contributed by atoms with van der Waals surface area (Å²) < 4.78 is 69.0. The number of hydrogen-bond donors (Lipinski definition) is 4. The first-order valence-corrected chi connectivity index (χ1v) is 20.5. The minimum Gasteiger partial charge on any atom is -0.871 e. The van der Waals surface area contributed by atoms with Gasteiger partial charge in [0.05, 0.1) is 34.1 Å². The van der Waals surface area contributed by atoms with Gasteiger partial charge in [-0.15, -0.1) is 10.2 Å². The Bertz CT molecular complexity index is 2990. The van der Waals surface area contributed by atoms with Gasteiger partial charge in [0.1, 0.15) is 9.79 Å². The van der Waals surface area contributed by atoms with Crippen molar-refractivity contribution in [2.45, 2.75) is 23.6 Å². The standard InChI is InChI=1S/C42H32N6O10S2.2Na/c1-23-3-11-29(12-4-23)45-47-37-35(59(53,54)55)21-27-19-31(15-17-33(27)39(37)49)43-41(51)25-7-9-26(10-8-25)42(52)44-32-16-18-34-28(20-32)22-36(60(56,57)58)38(40(34)50)48-46-30-13-5-24(2)6-14-30;;/h3-22,49-50H,1-2H3,(H,43,51)(H,44,52)(H,53,54,55)(H,56,57,58);;/q;2*+1/p-2. The van der Waals surface area contributed by atoms with E-state index in [4.69, 9.17) is 0 Å². The fraction of sp³-hybridized carbons (Fsp3) is 0.0476. The molecule has 0 aliphatic carbocycles. The third-order valence-corrected chi connectivity index (χ3v) is 10.8. The van der Waals surface area contributed by atoms with E-state index in [-0.39, 0.29) is 103 Å². The van der Waals surface area contributed by atoms with Crippen LogP contribution in [0.4, 0.5) is 34.1 Å². The van der Waals surface area contributed by atoms with Gasteiger partial charge in [-0.25, -0.2) is 9.98 Å². The molecule has 20 heteroatoms. The monoisotopic (exact) mass is 888 g/mol. The van der Waals surface area contributed by atoms with Crippen molar-refractivity contribution in [1.29, 1.82) is 0 Å².